The van der Waals surface area contributed by atoms with Crippen LogP contribution in [0.3, 0.4) is 0 Å². The van der Waals surface area contributed by atoms with Gasteiger partial charge in [-0.1, -0.05) is 30.3 Å². The van der Waals surface area contributed by atoms with Gasteiger partial charge in [-0.3, -0.25) is 10.1 Å². The van der Waals surface area contributed by atoms with Crippen LogP contribution < -0.4 is 14.6 Å². The fourth-order valence-corrected chi connectivity index (χ4v) is 4.76. The van der Waals surface area contributed by atoms with Gasteiger partial charge in [0.1, 0.15) is 11.9 Å². The van der Waals surface area contributed by atoms with Crippen molar-refractivity contribution < 1.29 is 14.1 Å². The molecule has 5 rings (SSSR count). The zero-order valence-corrected chi connectivity index (χ0v) is 18.1. The summed E-state index contributed by atoms with van der Waals surface area (Å²) in [4.78, 5) is 17.3. The molecule has 0 fully saturated rings. The molecule has 0 spiro atoms. The number of thiazole rings is 1. The number of ether oxygens (including phenoxy) is 1. The number of carbonyl (C=O) groups excluding carboxylic acids is 1. The molecule has 1 aliphatic heterocycles. The van der Waals surface area contributed by atoms with Crippen molar-refractivity contribution >= 4 is 22.4 Å². The number of benzene rings is 2. The zero-order chi connectivity index (χ0) is 21.2. The molecule has 1 aliphatic rings. The van der Waals surface area contributed by atoms with Crippen LogP contribution in [0.1, 0.15) is 12.2 Å². The van der Waals surface area contributed by atoms with Crippen LogP contribution in [0, 0.1) is 0 Å². The summed E-state index contributed by atoms with van der Waals surface area (Å²) in [6, 6.07) is 18.0. The maximum atomic E-state index is 12.8. The minimum absolute atomic E-state index is 0.0689. The lowest BCUT2D eigenvalue weighted by Gasteiger charge is -2.01. The van der Waals surface area contributed by atoms with Crippen molar-refractivity contribution in [3.8, 4) is 28.3 Å². The maximum Gasteiger partial charge on any atom is 0.268 e. The fourth-order valence-electron chi connectivity index (χ4n) is 4.02. The Morgan fingerprint density at radius 3 is 2.74 bits per heavy atom. The van der Waals surface area contributed by atoms with Gasteiger partial charge in [-0.05, 0) is 30.7 Å². The molecular formula is C24H23N4O2S+. The molecule has 0 aliphatic carbocycles. The monoisotopic (exact) mass is 431 g/mol. The van der Waals surface area contributed by atoms with E-state index in [9.17, 15) is 4.79 Å². The molecule has 0 atom stereocenters. The maximum absolute atomic E-state index is 12.8. The second kappa shape index (κ2) is 8.35. The van der Waals surface area contributed by atoms with E-state index in [1.807, 2.05) is 47.8 Å². The van der Waals surface area contributed by atoms with Gasteiger partial charge in [0.15, 0.2) is 17.4 Å². The number of methoxy groups -OCH3 is 1. The minimum atomic E-state index is -0.0689. The molecular weight excluding hydrogens is 408 g/mol. The van der Waals surface area contributed by atoms with E-state index < -0.39 is 0 Å². The van der Waals surface area contributed by atoms with Crippen LogP contribution >= 0.6 is 11.3 Å². The second-order valence-electron chi connectivity index (χ2n) is 7.49. The number of hydrogen-bond acceptors (Lipinski definition) is 4. The molecule has 1 N–H and O–H groups in total. The summed E-state index contributed by atoms with van der Waals surface area (Å²) in [5.41, 5.74) is 4.17. The van der Waals surface area contributed by atoms with Gasteiger partial charge in [0.2, 0.25) is 0 Å². The Hall–Kier alpha value is -3.45. The lowest BCUT2D eigenvalue weighted by Crippen LogP contribution is -2.42. The first-order chi connectivity index (χ1) is 15.2. The van der Waals surface area contributed by atoms with Gasteiger partial charge in [-0.25, -0.2) is 14.1 Å². The summed E-state index contributed by atoms with van der Waals surface area (Å²) < 4.78 is 9.65. The number of anilines is 1. The summed E-state index contributed by atoms with van der Waals surface area (Å²) >= 11 is 1.44. The quantitative estimate of drug-likeness (QED) is 0.467. The molecule has 2 aromatic carbocycles. The normalized spacial score (nSPS) is 12.5. The SMILES string of the molecule is COc1ccc(-c2c[n+](CC(=O)Nc3nc(-c4ccccc4)cs3)c3n2CCC3)cc1. The fraction of sp³-hybridized carbons (Fsp3) is 0.208. The number of amides is 1. The molecule has 2 aromatic heterocycles. The van der Waals surface area contributed by atoms with E-state index in [1.165, 1.54) is 17.2 Å². The van der Waals surface area contributed by atoms with Crippen molar-refractivity contribution in [3.05, 3.63) is 72.0 Å². The first kappa shape index (κ1) is 19.5. The third-order valence-electron chi connectivity index (χ3n) is 5.51. The largest absolute Gasteiger partial charge is 0.497 e. The molecule has 0 bridgehead atoms. The van der Waals surface area contributed by atoms with E-state index >= 15 is 0 Å². The summed E-state index contributed by atoms with van der Waals surface area (Å²) in [5.74, 6) is 1.95. The van der Waals surface area contributed by atoms with Gasteiger partial charge < -0.3 is 4.74 Å². The van der Waals surface area contributed by atoms with Crippen molar-refractivity contribution in [1.29, 1.82) is 0 Å². The summed E-state index contributed by atoms with van der Waals surface area (Å²) in [5, 5.41) is 5.55. The van der Waals surface area contributed by atoms with E-state index in [1.54, 1.807) is 7.11 Å². The summed E-state index contributed by atoms with van der Waals surface area (Å²) in [6.45, 7) is 1.24. The van der Waals surface area contributed by atoms with Gasteiger partial charge in [0.25, 0.3) is 11.7 Å². The molecule has 0 saturated carbocycles. The predicted octanol–water partition coefficient (Wildman–Crippen LogP) is 4.16. The second-order valence-corrected chi connectivity index (χ2v) is 8.35. The van der Waals surface area contributed by atoms with Crippen LogP contribution in [0.4, 0.5) is 5.13 Å². The van der Waals surface area contributed by atoms with E-state index in [0.29, 0.717) is 5.13 Å². The lowest BCUT2D eigenvalue weighted by atomic mass is 10.1. The van der Waals surface area contributed by atoms with Crippen LogP contribution in [0.2, 0.25) is 0 Å². The minimum Gasteiger partial charge on any atom is -0.497 e. The smallest absolute Gasteiger partial charge is 0.268 e. The number of fused-ring (bicyclic) bond motifs is 1. The molecule has 0 radical (unpaired) electrons. The molecule has 0 saturated heterocycles. The molecule has 6 nitrogen and oxygen atoms in total. The Morgan fingerprint density at radius 2 is 1.97 bits per heavy atom. The topological polar surface area (TPSA) is 60.0 Å². The molecule has 31 heavy (non-hydrogen) atoms. The first-order valence-corrected chi connectivity index (χ1v) is 11.2. The van der Waals surface area contributed by atoms with Gasteiger partial charge in [0, 0.05) is 16.5 Å². The van der Waals surface area contributed by atoms with Crippen molar-refractivity contribution in [2.75, 3.05) is 12.4 Å². The van der Waals surface area contributed by atoms with Gasteiger partial charge >= 0.3 is 0 Å². The number of nitrogens with one attached hydrogen (secondary N) is 1. The molecule has 0 unspecified atom stereocenters. The molecule has 4 aromatic rings. The Labute approximate surface area is 184 Å². The van der Waals surface area contributed by atoms with Crippen molar-refractivity contribution in [1.82, 2.24) is 9.55 Å². The van der Waals surface area contributed by atoms with Crippen molar-refractivity contribution in [2.24, 2.45) is 0 Å². The highest BCUT2D eigenvalue weighted by Crippen LogP contribution is 2.27. The Morgan fingerprint density at radius 1 is 1.16 bits per heavy atom. The third-order valence-corrected chi connectivity index (χ3v) is 6.27. The standard InChI is InChI=1S/C24H22N4O2S/c1-30-19-11-9-18(10-12-19)21-14-27(23-8-5-13-28(21)23)15-22(29)26-24-25-20(16-31-24)17-6-3-2-4-7-17/h2-4,6-7,9-12,14,16H,5,8,13,15H2,1H3/p+1. The van der Waals surface area contributed by atoms with Crippen LogP contribution in [0.5, 0.6) is 5.75 Å². The first-order valence-electron chi connectivity index (χ1n) is 10.3. The number of imidazole rings is 1. The number of hydrogen-bond donors (Lipinski definition) is 1. The zero-order valence-electron chi connectivity index (χ0n) is 17.2. The summed E-state index contributed by atoms with van der Waals surface area (Å²) in [7, 11) is 1.67. The average molecular weight is 432 g/mol. The van der Waals surface area contributed by atoms with Crippen molar-refractivity contribution in [2.45, 2.75) is 25.9 Å². The predicted molar refractivity (Wildman–Crippen MR) is 121 cm³/mol. The molecule has 156 valence electrons. The Kier molecular flexibility index (Phi) is 5.26. The highest BCUT2D eigenvalue weighted by molar-refractivity contribution is 7.14. The van der Waals surface area contributed by atoms with Crippen LogP contribution in [-0.4, -0.2) is 22.6 Å². The number of carbonyl (C=O) groups is 1. The highest BCUT2D eigenvalue weighted by atomic mass is 32.1. The Balaban J connectivity index is 1.33. The van der Waals surface area contributed by atoms with Crippen LogP contribution in [-0.2, 0) is 24.3 Å². The lowest BCUT2D eigenvalue weighted by molar-refractivity contribution is -0.690. The molecule has 7 heteroatoms. The van der Waals surface area contributed by atoms with Crippen LogP contribution in [0.15, 0.2) is 66.2 Å². The van der Waals surface area contributed by atoms with Gasteiger partial charge in [-0.15, -0.1) is 11.3 Å². The van der Waals surface area contributed by atoms with Crippen molar-refractivity contribution in [3.63, 3.8) is 0 Å². The highest BCUT2D eigenvalue weighted by Gasteiger charge is 2.29. The van der Waals surface area contributed by atoms with Gasteiger partial charge in [0.05, 0.1) is 25.8 Å². The van der Waals surface area contributed by atoms with Gasteiger partial charge in [-0.2, -0.15) is 0 Å². The number of rotatable bonds is 6. The van der Waals surface area contributed by atoms with E-state index in [4.69, 9.17) is 4.74 Å². The average Bonchev–Trinajstić information content (AvgIpc) is 3.53. The third kappa shape index (κ3) is 3.96. The van der Waals surface area contributed by atoms with Crippen LogP contribution in [0.25, 0.3) is 22.5 Å². The number of aromatic nitrogens is 3. The molecule has 3 heterocycles. The summed E-state index contributed by atoms with van der Waals surface area (Å²) in [6.07, 6.45) is 4.14. The van der Waals surface area contributed by atoms with E-state index in [-0.39, 0.29) is 12.5 Å². The van der Waals surface area contributed by atoms with E-state index in [0.717, 1.165) is 47.7 Å². The number of nitrogens with zero attached hydrogens (tertiary/aromatic N) is 3. The molecule has 1 amide bonds. The van der Waals surface area contributed by atoms with E-state index in [2.05, 4.69) is 37.8 Å². The Bertz CT molecular complexity index is 1210.